The molecule has 1 aromatic rings. The number of amides is 2. The fraction of sp³-hybridized carbons (Fsp3) is 0.333. The van der Waals surface area contributed by atoms with Crippen molar-refractivity contribution in [3.05, 3.63) is 28.2 Å². The van der Waals surface area contributed by atoms with Gasteiger partial charge in [0, 0.05) is 11.0 Å². The van der Waals surface area contributed by atoms with Gasteiger partial charge < -0.3 is 15.7 Å². The zero-order valence-corrected chi connectivity index (χ0v) is 11.7. The lowest BCUT2D eigenvalue weighted by molar-refractivity contribution is 0.0698. The lowest BCUT2D eigenvalue weighted by atomic mass is 10.2. The van der Waals surface area contributed by atoms with Crippen LogP contribution < -0.4 is 10.6 Å². The normalized spacial score (nSPS) is 10.2. The first-order valence-electron chi connectivity index (χ1n) is 5.48. The number of carboxylic acids is 1. The topological polar surface area (TPSA) is 78.4 Å². The Hall–Kier alpha value is -1.56. The van der Waals surface area contributed by atoms with Crippen molar-refractivity contribution < 1.29 is 14.7 Å². The molecule has 0 saturated carbocycles. The molecule has 0 atom stereocenters. The van der Waals surface area contributed by atoms with Gasteiger partial charge in [-0.15, -0.1) is 0 Å². The third-order valence-electron chi connectivity index (χ3n) is 2.13. The fourth-order valence-electron chi connectivity index (χ4n) is 1.27. The summed E-state index contributed by atoms with van der Waals surface area (Å²) in [5.74, 6) is -0.755. The van der Waals surface area contributed by atoms with E-state index in [1.165, 1.54) is 6.07 Å². The zero-order valence-electron chi connectivity index (χ0n) is 10.2. The van der Waals surface area contributed by atoms with Gasteiger partial charge in [-0.2, -0.15) is 0 Å². The largest absolute Gasteiger partial charge is 0.478 e. The molecule has 0 saturated heterocycles. The molecule has 0 spiro atoms. The van der Waals surface area contributed by atoms with Gasteiger partial charge >= 0.3 is 12.0 Å². The number of rotatable bonds is 4. The van der Waals surface area contributed by atoms with Crippen LogP contribution in [0.15, 0.2) is 22.7 Å². The summed E-state index contributed by atoms with van der Waals surface area (Å²) < 4.78 is 0.646. The minimum atomic E-state index is -1.09. The van der Waals surface area contributed by atoms with Gasteiger partial charge in [0.2, 0.25) is 0 Å². The predicted octanol–water partition coefficient (Wildman–Crippen LogP) is 2.92. The lowest BCUT2D eigenvalue weighted by Crippen LogP contribution is -2.32. The Morgan fingerprint density at radius 2 is 2.06 bits per heavy atom. The average molecular weight is 315 g/mol. The monoisotopic (exact) mass is 314 g/mol. The van der Waals surface area contributed by atoms with E-state index >= 15 is 0 Å². The number of carbonyl (C=O) groups excluding carboxylic acids is 1. The first-order valence-corrected chi connectivity index (χ1v) is 6.27. The summed E-state index contributed by atoms with van der Waals surface area (Å²) in [6.07, 6.45) is 0. The SMILES string of the molecule is CC(C)CNC(=O)Nc1ccc(Br)cc1C(=O)O. The van der Waals surface area contributed by atoms with Crippen LogP contribution in [0.3, 0.4) is 0 Å². The molecular formula is C12H15BrN2O3. The van der Waals surface area contributed by atoms with E-state index in [2.05, 4.69) is 26.6 Å². The molecule has 2 amide bonds. The first-order chi connectivity index (χ1) is 8.40. The molecule has 1 aromatic carbocycles. The highest BCUT2D eigenvalue weighted by molar-refractivity contribution is 9.10. The Kier molecular flexibility index (Phi) is 5.15. The van der Waals surface area contributed by atoms with Crippen LogP contribution >= 0.6 is 15.9 Å². The molecule has 0 radical (unpaired) electrons. The van der Waals surface area contributed by atoms with Crippen LogP contribution in [0.25, 0.3) is 0 Å². The molecule has 0 unspecified atom stereocenters. The van der Waals surface area contributed by atoms with Gasteiger partial charge in [0.15, 0.2) is 0 Å². The molecule has 18 heavy (non-hydrogen) atoms. The maximum atomic E-state index is 11.5. The van der Waals surface area contributed by atoms with Crippen LogP contribution in [0.2, 0.25) is 0 Å². The summed E-state index contributed by atoms with van der Waals surface area (Å²) in [7, 11) is 0. The summed E-state index contributed by atoms with van der Waals surface area (Å²) >= 11 is 3.19. The molecule has 0 heterocycles. The number of halogens is 1. The van der Waals surface area contributed by atoms with Gasteiger partial charge in [-0.25, -0.2) is 9.59 Å². The van der Waals surface area contributed by atoms with Crippen LogP contribution in [0.5, 0.6) is 0 Å². The number of urea groups is 1. The Morgan fingerprint density at radius 1 is 1.39 bits per heavy atom. The number of hydrogen-bond acceptors (Lipinski definition) is 2. The van der Waals surface area contributed by atoms with Gasteiger partial charge in [0.25, 0.3) is 0 Å². The van der Waals surface area contributed by atoms with Crippen molar-refractivity contribution in [2.45, 2.75) is 13.8 Å². The second-order valence-corrected chi connectivity index (χ2v) is 5.14. The van der Waals surface area contributed by atoms with Crippen molar-refractivity contribution in [1.82, 2.24) is 5.32 Å². The molecule has 5 nitrogen and oxygen atoms in total. The lowest BCUT2D eigenvalue weighted by Gasteiger charge is -2.11. The summed E-state index contributed by atoms with van der Waals surface area (Å²) in [6.45, 7) is 4.48. The van der Waals surface area contributed by atoms with E-state index in [0.29, 0.717) is 16.9 Å². The molecule has 0 aliphatic carbocycles. The minimum Gasteiger partial charge on any atom is -0.478 e. The summed E-state index contributed by atoms with van der Waals surface area (Å²) in [6, 6.07) is 4.25. The van der Waals surface area contributed by atoms with Crippen LogP contribution in [-0.2, 0) is 0 Å². The molecule has 0 aliphatic rings. The summed E-state index contributed by atoms with van der Waals surface area (Å²) in [4.78, 5) is 22.6. The van der Waals surface area contributed by atoms with Crippen LogP contribution in [0.1, 0.15) is 24.2 Å². The standard InChI is InChI=1S/C12H15BrN2O3/c1-7(2)6-14-12(18)15-10-4-3-8(13)5-9(10)11(16)17/h3-5,7H,6H2,1-2H3,(H,16,17)(H2,14,15,18). The highest BCUT2D eigenvalue weighted by atomic mass is 79.9. The smallest absolute Gasteiger partial charge is 0.337 e. The average Bonchev–Trinajstić information content (AvgIpc) is 2.28. The number of carbonyl (C=O) groups is 2. The highest BCUT2D eigenvalue weighted by Crippen LogP contribution is 2.21. The van der Waals surface area contributed by atoms with Gasteiger partial charge in [-0.1, -0.05) is 29.8 Å². The number of nitrogens with one attached hydrogen (secondary N) is 2. The summed E-state index contributed by atoms with van der Waals surface area (Å²) in [5.41, 5.74) is 0.316. The third kappa shape index (κ3) is 4.37. The van der Waals surface area contributed by atoms with E-state index in [1.807, 2.05) is 13.8 Å². The van der Waals surface area contributed by atoms with E-state index < -0.39 is 12.0 Å². The number of aromatic carboxylic acids is 1. The molecule has 0 aromatic heterocycles. The molecular weight excluding hydrogens is 300 g/mol. The Balaban J connectivity index is 2.78. The second kappa shape index (κ2) is 6.39. The number of carboxylic acid groups (broad SMARTS) is 1. The molecule has 0 aliphatic heterocycles. The van der Waals surface area contributed by atoms with Crippen molar-refractivity contribution in [3.63, 3.8) is 0 Å². The van der Waals surface area contributed by atoms with Gasteiger partial charge in [-0.05, 0) is 24.1 Å². The number of hydrogen-bond donors (Lipinski definition) is 3. The van der Waals surface area contributed by atoms with E-state index in [0.717, 1.165) is 0 Å². The quantitative estimate of drug-likeness (QED) is 0.799. The van der Waals surface area contributed by atoms with Gasteiger partial charge in [0.1, 0.15) is 0 Å². The number of benzene rings is 1. The van der Waals surface area contributed by atoms with Gasteiger partial charge in [-0.3, -0.25) is 0 Å². The van der Waals surface area contributed by atoms with E-state index in [9.17, 15) is 9.59 Å². The molecule has 1 rings (SSSR count). The first kappa shape index (κ1) is 14.5. The predicted molar refractivity (Wildman–Crippen MR) is 73.0 cm³/mol. The molecule has 0 fully saturated rings. The minimum absolute atomic E-state index is 0.0454. The Morgan fingerprint density at radius 3 is 2.61 bits per heavy atom. The van der Waals surface area contributed by atoms with Gasteiger partial charge in [0.05, 0.1) is 11.3 Å². The molecule has 0 bridgehead atoms. The van der Waals surface area contributed by atoms with Crippen molar-refractivity contribution in [1.29, 1.82) is 0 Å². The van der Waals surface area contributed by atoms with Crippen LogP contribution in [0.4, 0.5) is 10.5 Å². The molecule has 3 N–H and O–H groups in total. The highest BCUT2D eigenvalue weighted by Gasteiger charge is 2.12. The maximum absolute atomic E-state index is 11.5. The van der Waals surface area contributed by atoms with E-state index in [-0.39, 0.29) is 11.3 Å². The number of anilines is 1. The fourth-order valence-corrected chi connectivity index (χ4v) is 1.63. The summed E-state index contributed by atoms with van der Waals surface area (Å²) in [5, 5.41) is 14.2. The van der Waals surface area contributed by atoms with E-state index in [1.54, 1.807) is 12.1 Å². The Bertz CT molecular complexity index is 461. The third-order valence-corrected chi connectivity index (χ3v) is 2.62. The maximum Gasteiger partial charge on any atom is 0.337 e. The molecule has 6 heteroatoms. The van der Waals surface area contributed by atoms with Crippen molar-refractivity contribution >= 4 is 33.6 Å². The van der Waals surface area contributed by atoms with Crippen LogP contribution in [0, 0.1) is 5.92 Å². The van der Waals surface area contributed by atoms with E-state index in [4.69, 9.17) is 5.11 Å². The second-order valence-electron chi connectivity index (χ2n) is 4.22. The Labute approximate surface area is 114 Å². The van der Waals surface area contributed by atoms with Crippen molar-refractivity contribution in [2.24, 2.45) is 5.92 Å². The van der Waals surface area contributed by atoms with Crippen molar-refractivity contribution in [3.8, 4) is 0 Å². The molecule has 98 valence electrons. The van der Waals surface area contributed by atoms with Crippen LogP contribution in [-0.4, -0.2) is 23.7 Å². The zero-order chi connectivity index (χ0) is 13.7. The van der Waals surface area contributed by atoms with Crippen molar-refractivity contribution in [2.75, 3.05) is 11.9 Å².